The molecule has 6 nitrogen and oxygen atoms in total. The average Bonchev–Trinajstić information content (AvgIpc) is 2.93. The lowest BCUT2D eigenvalue weighted by Gasteiger charge is -2.32. The fraction of sp³-hybridized carbons (Fsp3) is 0.562. The lowest BCUT2D eigenvalue weighted by atomic mass is 9.78. The lowest BCUT2D eigenvalue weighted by Crippen LogP contribution is -2.35. The third-order valence-electron chi connectivity index (χ3n) is 4.20. The Hall–Kier alpha value is -1.37. The van der Waals surface area contributed by atoms with Crippen molar-refractivity contribution in [2.24, 2.45) is 5.73 Å². The van der Waals surface area contributed by atoms with Gasteiger partial charge in [-0.1, -0.05) is 19.0 Å². The number of halogens is 2. The highest BCUT2D eigenvalue weighted by molar-refractivity contribution is 5.85. The molecule has 2 N–H and O–H groups in total. The van der Waals surface area contributed by atoms with Crippen LogP contribution in [0.5, 0.6) is 0 Å². The molecule has 3 rings (SSSR count). The van der Waals surface area contributed by atoms with Crippen LogP contribution in [0.4, 0.5) is 5.82 Å². The first-order valence-corrected chi connectivity index (χ1v) is 7.77. The summed E-state index contributed by atoms with van der Waals surface area (Å²) in [4.78, 5) is 10.8. The molecule has 2 aromatic heterocycles. The molecule has 0 unspecified atom stereocenters. The lowest BCUT2D eigenvalue weighted by molar-refractivity contribution is 0.345. The summed E-state index contributed by atoms with van der Waals surface area (Å²) in [5, 5.41) is 4.12. The highest BCUT2D eigenvalue weighted by atomic mass is 35.5. The van der Waals surface area contributed by atoms with Crippen molar-refractivity contribution in [2.45, 2.75) is 51.1 Å². The Morgan fingerprint density at radius 1 is 1.25 bits per heavy atom. The van der Waals surface area contributed by atoms with E-state index in [0.717, 1.165) is 35.8 Å². The van der Waals surface area contributed by atoms with Gasteiger partial charge in [0.25, 0.3) is 0 Å². The summed E-state index contributed by atoms with van der Waals surface area (Å²) in [6, 6.07) is 4.39. The summed E-state index contributed by atoms with van der Waals surface area (Å²) < 4.78 is 5.34. The van der Waals surface area contributed by atoms with Crippen LogP contribution in [0.15, 0.2) is 23.0 Å². The van der Waals surface area contributed by atoms with Gasteiger partial charge in [-0.15, -0.1) is 24.8 Å². The van der Waals surface area contributed by atoms with Gasteiger partial charge in [-0.25, -0.2) is 9.97 Å². The molecule has 1 aliphatic carbocycles. The van der Waals surface area contributed by atoms with Gasteiger partial charge in [0.05, 0.1) is 6.54 Å². The molecule has 0 radical (unpaired) electrons. The fourth-order valence-electron chi connectivity index (χ4n) is 2.70. The zero-order valence-electron chi connectivity index (χ0n) is 14.2. The van der Waals surface area contributed by atoms with Gasteiger partial charge >= 0.3 is 0 Å². The fourth-order valence-corrected chi connectivity index (χ4v) is 2.70. The SMILES string of the molecule is CC(C)c1cc(CN(C)c2cc(C3CC(N)C3)ncn2)no1.Cl.Cl. The number of nitrogens with two attached hydrogens (primary N) is 1. The van der Waals surface area contributed by atoms with Crippen LogP contribution in [0.3, 0.4) is 0 Å². The molecule has 0 bridgehead atoms. The molecule has 8 heteroatoms. The molecular weight excluding hydrogens is 349 g/mol. The van der Waals surface area contributed by atoms with E-state index < -0.39 is 0 Å². The minimum Gasteiger partial charge on any atom is -0.361 e. The Labute approximate surface area is 155 Å². The average molecular weight is 374 g/mol. The van der Waals surface area contributed by atoms with E-state index in [0.29, 0.717) is 24.4 Å². The van der Waals surface area contributed by atoms with E-state index in [1.165, 1.54) is 0 Å². The van der Waals surface area contributed by atoms with Gasteiger partial charge in [0.2, 0.25) is 0 Å². The predicted octanol–water partition coefficient (Wildman–Crippen LogP) is 3.27. The molecule has 0 spiro atoms. The first kappa shape index (κ1) is 20.7. The Bertz CT molecular complexity index is 643. The first-order chi connectivity index (χ1) is 10.5. The minimum atomic E-state index is 0. The van der Waals surface area contributed by atoms with Gasteiger partial charge in [-0.2, -0.15) is 0 Å². The van der Waals surface area contributed by atoms with E-state index in [-0.39, 0.29) is 24.8 Å². The Morgan fingerprint density at radius 2 is 1.96 bits per heavy atom. The largest absolute Gasteiger partial charge is 0.361 e. The van der Waals surface area contributed by atoms with Crippen LogP contribution in [0.2, 0.25) is 0 Å². The van der Waals surface area contributed by atoms with Crippen LogP contribution in [-0.4, -0.2) is 28.2 Å². The molecule has 0 aliphatic heterocycles. The highest BCUT2D eigenvalue weighted by Gasteiger charge is 2.28. The summed E-state index contributed by atoms with van der Waals surface area (Å²) in [6.07, 6.45) is 3.66. The highest BCUT2D eigenvalue weighted by Crippen LogP contribution is 2.35. The second kappa shape index (κ2) is 8.65. The van der Waals surface area contributed by atoms with E-state index in [1.54, 1.807) is 6.33 Å². The summed E-state index contributed by atoms with van der Waals surface area (Å²) in [6.45, 7) is 4.85. The van der Waals surface area contributed by atoms with Gasteiger partial charge in [0.15, 0.2) is 0 Å². The number of rotatable bonds is 5. The van der Waals surface area contributed by atoms with Crippen molar-refractivity contribution < 1.29 is 4.52 Å². The minimum absolute atomic E-state index is 0. The normalized spacial score (nSPS) is 19.2. The van der Waals surface area contributed by atoms with E-state index >= 15 is 0 Å². The van der Waals surface area contributed by atoms with Crippen molar-refractivity contribution in [2.75, 3.05) is 11.9 Å². The standard InChI is InChI=1S/C16H23N5O.2ClH/c1-10(2)15-6-13(20-22-15)8-21(3)16-7-14(18-9-19-16)11-4-12(17)5-11;;/h6-7,9-12H,4-5,8,17H2,1-3H3;2*1H. The summed E-state index contributed by atoms with van der Waals surface area (Å²) in [5.74, 6) is 2.64. The molecule has 2 aromatic rings. The predicted molar refractivity (Wildman–Crippen MR) is 99.2 cm³/mol. The molecule has 0 atom stereocenters. The van der Waals surface area contributed by atoms with E-state index in [1.807, 2.05) is 13.1 Å². The number of aromatic nitrogens is 3. The molecule has 0 amide bonds. The van der Waals surface area contributed by atoms with Gasteiger partial charge in [-0.05, 0) is 12.8 Å². The monoisotopic (exact) mass is 373 g/mol. The van der Waals surface area contributed by atoms with Crippen molar-refractivity contribution in [3.05, 3.63) is 35.6 Å². The molecule has 134 valence electrons. The van der Waals surface area contributed by atoms with Gasteiger partial charge < -0.3 is 15.2 Å². The maximum atomic E-state index is 5.86. The molecule has 1 fully saturated rings. The quantitative estimate of drug-likeness (QED) is 0.865. The number of hydrogen-bond acceptors (Lipinski definition) is 6. The number of hydrogen-bond donors (Lipinski definition) is 1. The summed E-state index contributed by atoms with van der Waals surface area (Å²) >= 11 is 0. The zero-order valence-corrected chi connectivity index (χ0v) is 15.8. The first-order valence-electron chi connectivity index (χ1n) is 7.77. The van der Waals surface area contributed by atoms with Gasteiger partial charge in [0.1, 0.15) is 23.6 Å². The van der Waals surface area contributed by atoms with Crippen molar-refractivity contribution in [1.29, 1.82) is 0 Å². The van der Waals surface area contributed by atoms with E-state index in [9.17, 15) is 0 Å². The molecule has 2 heterocycles. The van der Waals surface area contributed by atoms with Crippen LogP contribution in [0, 0.1) is 0 Å². The Balaban J connectivity index is 0.00000144. The van der Waals surface area contributed by atoms with Gasteiger partial charge in [0, 0.05) is 42.8 Å². The van der Waals surface area contributed by atoms with Crippen LogP contribution >= 0.6 is 24.8 Å². The van der Waals surface area contributed by atoms with Gasteiger partial charge in [-0.3, -0.25) is 0 Å². The topological polar surface area (TPSA) is 81.1 Å². The van der Waals surface area contributed by atoms with E-state index in [2.05, 4.69) is 39.9 Å². The molecule has 24 heavy (non-hydrogen) atoms. The molecule has 0 aromatic carbocycles. The number of nitrogens with zero attached hydrogens (tertiary/aromatic N) is 4. The molecule has 0 saturated heterocycles. The van der Waals surface area contributed by atoms with Crippen molar-refractivity contribution >= 4 is 30.6 Å². The Morgan fingerprint density at radius 3 is 2.54 bits per heavy atom. The third kappa shape index (κ3) is 4.59. The van der Waals surface area contributed by atoms with Crippen molar-refractivity contribution in [1.82, 2.24) is 15.1 Å². The van der Waals surface area contributed by atoms with Crippen molar-refractivity contribution in [3.63, 3.8) is 0 Å². The molecule has 1 aliphatic rings. The smallest absolute Gasteiger partial charge is 0.139 e. The number of anilines is 1. The van der Waals surface area contributed by atoms with Crippen LogP contribution in [0.1, 0.15) is 55.7 Å². The second-order valence-electron chi connectivity index (χ2n) is 6.46. The van der Waals surface area contributed by atoms with Crippen LogP contribution < -0.4 is 10.6 Å². The summed E-state index contributed by atoms with van der Waals surface area (Å²) in [5.41, 5.74) is 7.86. The van der Waals surface area contributed by atoms with Crippen molar-refractivity contribution in [3.8, 4) is 0 Å². The molecular formula is C16H25Cl2N5O. The molecule has 1 saturated carbocycles. The maximum absolute atomic E-state index is 5.86. The maximum Gasteiger partial charge on any atom is 0.139 e. The third-order valence-corrected chi connectivity index (χ3v) is 4.20. The second-order valence-corrected chi connectivity index (χ2v) is 6.46. The summed E-state index contributed by atoms with van der Waals surface area (Å²) in [7, 11) is 2.00. The Kier molecular flexibility index (Phi) is 7.45. The zero-order chi connectivity index (χ0) is 15.7. The van der Waals surface area contributed by atoms with E-state index in [4.69, 9.17) is 10.3 Å². The van der Waals surface area contributed by atoms with Crippen LogP contribution in [-0.2, 0) is 6.54 Å². The van der Waals surface area contributed by atoms with Crippen LogP contribution in [0.25, 0.3) is 0 Å².